The summed E-state index contributed by atoms with van der Waals surface area (Å²) in [7, 11) is 0. The predicted molar refractivity (Wildman–Crippen MR) is 32.6 cm³/mol. The summed E-state index contributed by atoms with van der Waals surface area (Å²) < 4.78 is -0.515. The van der Waals surface area contributed by atoms with Gasteiger partial charge in [-0.15, -0.1) is 0 Å². The van der Waals surface area contributed by atoms with Gasteiger partial charge in [0.25, 0.3) is 0 Å². The molecule has 0 bridgehead atoms. The summed E-state index contributed by atoms with van der Waals surface area (Å²) in [5.74, 6) is 0. The van der Waals surface area contributed by atoms with E-state index in [1.165, 1.54) is 0 Å². The molecule has 0 aliphatic heterocycles. The molecule has 0 aromatic rings. The minimum absolute atomic E-state index is 0.488. The summed E-state index contributed by atoms with van der Waals surface area (Å²) in [4.78, 5) is 9.79. The minimum Gasteiger partial charge on any atom is -0.279 e. The molecule has 0 radical (unpaired) electrons. The summed E-state index contributed by atoms with van der Waals surface area (Å²) in [6.07, 6.45) is 0. The lowest BCUT2D eigenvalue weighted by atomic mass is 10.9. The molecular weight excluding hydrogens is 187 g/mol. The molecule has 0 aromatic carbocycles. The lowest BCUT2D eigenvalue weighted by Crippen LogP contribution is -1.94. The molecule has 0 aliphatic carbocycles. The van der Waals surface area contributed by atoms with Crippen LogP contribution in [0.25, 0.3) is 0 Å². The molecule has 4 heteroatoms. The Morgan fingerprint density at radius 3 is 2.17 bits per heavy atom. The summed E-state index contributed by atoms with van der Waals surface area (Å²) >= 11 is 11.3. The molecule has 0 amide bonds. The molecule has 0 aliphatic rings. The maximum absolute atomic E-state index is 9.79. The Morgan fingerprint density at radius 2 is 2.17 bits per heavy atom. The second-order valence-corrected chi connectivity index (χ2v) is 3.15. The van der Waals surface area contributed by atoms with Gasteiger partial charge < -0.3 is 0 Å². The van der Waals surface area contributed by atoms with E-state index in [0.29, 0.717) is 0 Å². The number of halogens is 2. The van der Waals surface area contributed by atoms with Crippen LogP contribution in [0.4, 0.5) is 0 Å². The van der Waals surface area contributed by atoms with Crippen molar-refractivity contribution in [2.45, 2.75) is 4.16 Å². The fraction of sp³-hybridized carbons (Fsp3) is 0.500. The van der Waals surface area contributed by atoms with Gasteiger partial charge >= 0.3 is 0 Å². The van der Waals surface area contributed by atoms with Crippen LogP contribution in [-0.2, 0) is 4.79 Å². The van der Waals surface area contributed by atoms with Gasteiger partial charge in [0.1, 0.15) is 4.16 Å². The third-order valence-corrected chi connectivity index (χ3v) is 1.47. The summed E-state index contributed by atoms with van der Waals surface area (Å²) in [6.45, 7) is 0. The smallest absolute Gasteiger partial charge is 0.245 e. The molecule has 0 rings (SSSR count). The number of hydrogen-bond donors (Lipinski definition) is 1. The van der Waals surface area contributed by atoms with Crippen molar-refractivity contribution in [3.63, 3.8) is 0 Å². The van der Waals surface area contributed by atoms with Crippen molar-refractivity contribution in [2.24, 2.45) is 0 Å². The maximum atomic E-state index is 9.79. The van der Waals surface area contributed by atoms with Crippen LogP contribution >= 0.6 is 40.2 Å². The number of thiol groups is 1. The molecule has 1 atom stereocenters. The molecule has 0 aromatic heterocycles. The van der Waals surface area contributed by atoms with Crippen LogP contribution in [0.3, 0.4) is 0 Å². The van der Waals surface area contributed by atoms with Gasteiger partial charge in [-0.05, 0) is 11.6 Å². The molecule has 1 unspecified atom stereocenters. The van der Waals surface area contributed by atoms with Crippen LogP contribution in [0.15, 0.2) is 0 Å². The second-order valence-electron chi connectivity index (χ2n) is 0.640. The van der Waals surface area contributed by atoms with Gasteiger partial charge in [-0.3, -0.25) is 4.79 Å². The highest BCUT2D eigenvalue weighted by molar-refractivity contribution is 9.11. The van der Waals surface area contributed by atoms with Crippen molar-refractivity contribution in [3.05, 3.63) is 0 Å². The molecule has 6 heavy (non-hydrogen) atoms. The Hall–Kier alpha value is 0.790. The quantitative estimate of drug-likeness (QED) is 0.375. The zero-order chi connectivity index (χ0) is 5.15. The van der Waals surface area contributed by atoms with Crippen LogP contribution in [0, 0.1) is 0 Å². The first-order valence-corrected chi connectivity index (χ1v) is 2.97. The average molecular weight is 189 g/mol. The molecule has 1 nitrogen and oxygen atoms in total. The van der Waals surface area contributed by atoms with Crippen molar-refractivity contribution in [2.75, 3.05) is 0 Å². The number of alkyl halides is 1. The van der Waals surface area contributed by atoms with E-state index < -0.39 is 9.40 Å². The van der Waals surface area contributed by atoms with Gasteiger partial charge in [0.15, 0.2) is 0 Å². The highest BCUT2D eigenvalue weighted by atomic mass is 79.9. The fourth-order valence-corrected chi connectivity index (χ4v) is 0. The third kappa shape index (κ3) is 3.00. The number of rotatable bonds is 1. The topological polar surface area (TPSA) is 17.1 Å². The summed E-state index contributed by atoms with van der Waals surface area (Å²) in [5.41, 5.74) is 0. The van der Waals surface area contributed by atoms with Crippen molar-refractivity contribution in [1.82, 2.24) is 0 Å². The first kappa shape index (κ1) is 6.79. The number of hydrogen-bond acceptors (Lipinski definition) is 2. The molecule has 0 heterocycles. The monoisotopic (exact) mass is 188 g/mol. The predicted octanol–water partition coefficient (Wildman–Crippen LogP) is 1.40. The van der Waals surface area contributed by atoms with Gasteiger partial charge in [0.2, 0.25) is 5.24 Å². The van der Waals surface area contributed by atoms with Crippen molar-refractivity contribution >= 4 is 45.4 Å². The van der Waals surface area contributed by atoms with Crippen LogP contribution < -0.4 is 0 Å². The lowest BCUT2D eigenvalue weighted by Gasteiger charge is -1.84. The Morgan fingerprint density at radius 1 is 2.00 bits per heavy atom. The van der Waals surface area contributed by atoms with E-state index in [-0.39, 0.29) is 0 Å². The van der Waals surface area contributed by atoms with Crippen molar-refractivity contribution < 1.29 is 4.79 Å². The highest BCUT2D eigenvalue weighted by Gasteiger charge is 2.02. The van der Waals surface area contributed by atoms with E-state index in [9.17, 15) is 4.79 Å². The van der Waals surface area contributed by atoms with Gasteiger partial charge in [0.05, 0.1) is 0 Å². The van der Waals surface area contributed by atoms with Crippen LogP contribution in [-0.4, -0.2) is 9.40 Å². The van der Waals surface area contributed by atoms with Gasteiger partial charge in [0, 0.05) is 0 Å². The molecule has 0 spiro atoms. The maximum Gasteiger partial charge on any atom is 0.245 e. The van der Waals surface area contributed by atoms with E-state index in [4.69, 9.17) is 11.6 Å². The standard InChI is InChI=1S/C2H2BrClOS/c3-1(6)2(4)5/h1,6H. The number of carbonyl (C=O) groups excluding carboxylic acids is 1. The zero-order valence-electron chi connectivity index (χ0n) is 2.69. The van der Waals surface area contributed by atoms with E-state index in [1.807, 2.05) is 0 Å². The first-order valence-electron chi connectivity index (χ1n) is 1.16. The van der Waals surface area contributed by atoms with E-state index in [0.717, 1.165) is 0 Å². The molecule has 36 valence electrons. The second kappa shape index (κ2) is 2.88. The lowest BCUT2D eigenvalue weighted by molar-refractivity contribution is -0.109. The Bertz CT molecular complexity index is 64.6. The third-order valence-electron chi connectivity index (χ3n) is 0.187. The van der Waals surface area contributed by atoms with Gasteiger partial charge in [-0.25, -0.2) is 0 Å². The Labute approximate surface area is 54.6 Å². The first-order chi connectivity index (χ1) is 2.64. The van der Waals surface area contributed by atoms with Crippen LogP contribution in [0.2, 0.25) is 0 Å². The molecule has 0 fully saturated rings. The van der Waals surface area contributed by atoms with E-state index in [2.05, 4.69) is 28.6 Å². The van der Waals surface area contributed by atoms with Crippen LogP contribution in [0.1, 0.15) is 0 Å². The Kier molecular flexibility index (Phi) is 3.26. The average Bonchev–Trinajstić information content (AvgIpc) is 1.36. The normalized spacial score (nSPS) is 13.8. The SMILES string of the molecule is O=C(Cl)C(S)Br. The highest BCUT2D eigenvalue weighted by Crippen LogP contribution is 2.06. The molecule has 0 N–H and O–H groups in total. The van der Waals surface area contributed by atoms with E-state index >= 15 is 0 Å². The van der Waals surface area contributed by atoms with Crippen molar-refractivity contribution in [1.29, 1.82) is 0 Å². The minimum atomic E-state index is -0.515. The van der Waals surface area contributed by atoms with Gasteiger partial charge in [-0.1, -0.05) is 15.9 Å². The molecule has 0 saturated heterocycles. The fourth-order valence-electron chi connectivity index (χ4n) is 0. The largest absolute Gasteiger partial charge is 0.279 e. The van der Waals surface area contributed by atoms with Gasteiger partial charge in [-0.2, -0.15) is 12.6 Å². The molecule has 0 saturated carbocycles. The summed E-state index contributed by atoms with van der Waals surface area (Å²) in [6, 6.07) is 0. The van der Waals surface area contributed by atoms with E-state index in [1.54, 1.807) is 0 Å². The molecular formula is C2H2BrClOS. The summed E-state index contributed by atoms with van der Waals surface area (Å²) in [5, 5.41) is -0.488. The zero-order valence-corrected chi connectivity index (χ0v) is 5.93. The van der Waals surface area contributed by atoms with Crippen molar-refractivity contribution in [3.8, 4) is 0 Å². The number of carbonyl (C=O) groups is 1. The Balaban J connectivity index is 3.26. The van der Waals surface area contributed by atoms with Crippen LogP contribution in [0.5, 0.6) is 0 Å².